The number of carbonyl (C=O) groups excluding carboxylic acids is 2. The molecule has 31 heavy (non-hydrogen) atoms. The van der Waals surface area contributed by atoms with E-state index in [2.05, 4.69) is 22.5 Å². The summed E-state index contributed by atoms with van der Waals surface area (Å²) in [4.78, 5) is 25.2. The van der Waals surface area contributed by atoms with Crippen molar-refractivity contribution in [2.45, 2.75) is 45.7 Å². The summed E-state index contributed by atoms with van der Waals surface area (Å²) in [6.07, 6.45) is 2.95. The van der Waals surface area contributed by atoms with Gasteiger partial charge < -0.3 is 10.1 Å². The van der Waals surface area contributed by atoms with Crippen molar-refractivity contribution >= 4 is 11.9 Å². The molecule has 0 bridgehead atoms. The van der Waals surface area contributed by atoms with E-state index in [1.165, 1.54) is 5.56 Å². The number of nitrogens with one attached hydrogen (secondary N) is 1. The van der Waals surface area contributed by atoms with Gasteiger partial charge in [0, 0.05) is 0 Å². The maximum absolute atomic E-state index is 12.7. The van der Waals surface area contributed by atoms with Crippen molar-refractivity contribution in [1.29, 1.82) is 0 Å². The summed E-state index contributed by atoms with van der Waals surface area (Å²) in [6.45, 7) is 3.89. The Morgan fingerprint density at radius 2 is 1.84 bits per heavy atom. The van der Waals surface area contributed by atoms with Crippen LogP contribution in [-0.2, 0) is 22.5 Å². The van der Waals surface area contributed by atoms with E-state index >= 15 is 0 Å². The quantitative estimate of drug-likeness (QED) is 0.618. The van der Waals surface area contributed by atoms with Gasteiger partial charge in [-0.25, -0.2) is 4.79 Å². The Morgan fingerprint density at radius 1 is 1.10 bits per heavy atom. The van der Waals surface area contributed by atoms with Crippen LogP contribution < -0.4 is 5.32 Å². The van der Waals surface area contributed by atoms with E-state index in [-0.39, 0.29) is 18.6 Å². The van der Waals surface area contributed by atoms with Crippen molar-refractivity contribution in [2.24, 2.45) is 0 Å². The fraction of sp³-hybridized carbons (Fsp3) is 0.320. The Morgan fingerprint density at radius 3 is 2.65 bits per heavy atom. The second kappa shape index (κ2) is 9.16. The van der Waals surface area contributed by atoms with Crippen molar-refractivity contribution in [3.8, 4) is 0 Å². The number of aryl methyl sites for hydroxylation is 2. The average molecular weight is 418 g/mol. The van der Waals surface area contributed by atoms with Gasteiger partial charge >= 0.3 is 5.97 Å². The normalized spacial score (nSPS) is 15.2. The molecule has 0 radical (unpaired) electrons. The average Bonchev–Trinajstić information content (AvgIpc) is 3.06. The number of hydrogen-bond donors (Lipinski definition) is 1. The number of benzene rings is 2. The minimum Gasteiger partial charge on any atom is -0.452 e. The van der Waals surface area contributed by atoms with Crippen molar-refractivity contribution in [3.05, 3.63) is 88.2 Å². The molecule has 1 aromatic heterocycles. The van der Waals surface area contributed by atoms with Crippen LogP contribution >= 0.6 is 0 Å². The predicted octanol–water partition coefficient (Wildman–Crippen LogP) is 3.90. The monoisotopic (exact) mass is 417 g/mol. The number of aromatic nitrogens is 2. The highest BCUT2D eigenvalue weighted by atomic mass is 16.5. The molecule has 1 heterocycles. The minimum absolute atomic E-state index is 0.0340. The zero-order valence-electron chi connectivity index (χ0n) is 17.9. The van der Waals surface area contributed by atoms with Crippen molar-refractivity contribution < 1.29 is 14.3 Å². The molecule has 0 saturated heterocycles. The van der Waals surface area contributed by atoms with E-state index in [1.54, 1.807) is 11.6 Å². The topological polar surface area (TPSA) is 73.2 Å². The van der Waals surface area contributed by atoms with Gasteiger partial charge in [-0.15, -0.1) is 0 Å². The second-order valence-corrected chi connectivity index (χ2v) is 7.98. The van der Waals surface area contributed by atoms with Gasteiger partial charge in [0.25, 0.3) is 5.91 Å². The van der Waals surface area contributed by atoms with Gasteiger partial charge in [-0.05, 0) is 49.8 Å². The standard InChI is InChI=1S/C25H27N3O3/c1-17-24(18(2)28(27-17)15-19-9-4-3-5-10-19)25(30)31-16-23(29)26-22-14-8-12-20-11-6-7-13-21(20)22/h3-7,9-11,13,22H,8,12,14-16H2,1-2H3,(H,26,29). The Hall–Kier alpha value is -3.41. The summed E-state index contributed by atoms with van der Waals surface area (Å²) < 4.78 is 7.13. The number of nitrogens with zero attached hydrogens (tertiary/aromatic N) is 2. The van der Waals surface area contributed by atoms with Gasteiger partial charge in [-0.3, -0.25) is 9.48 Å². The molecule has 1 atom stereocenters. The molecule has 1 unspecified atom stereocenters. The molecule has 1 aliphatic carbocycles. The highest BCUT2D eigenvalue weighted by Crippen LogP contribution is 2.29. The molecule has 1 amide bonds. The largest absolute Gasteiger partial charge is 0.452 e. The summed E-state index contributed by atoms with van der Waals surface area (Å²) in [5, 5.41) is 7.50. The molecule has 3 aromatic rings. The molecule has 0 spiro atoms. The number of rotatable bonds is 6. The summed E-state index contributed by atoms with van der Waals surface area (Å²) >= 11 is 0. The van der Waals surface area contributed by atoms with Crippen molar-refractivity contribution in [3.63, 3.8) is 0 Å². The SMILES string of the molecule is Cc1nn(Cc2ccccc2)c(C)c1C(=O)OCC(=O)NC1CCCc2ccccc21. The molecule has 0 aliphatic heterocycles. The van der Waals surface area contributed by atoms with Crippen LogP contribution in [0.5, 0.6) is 0 Å². The molecule has 2 aromatic carbocycles. The van der Waals surface area contributed by atoms with Crippen LogP contribution in [0.2, 0.25) is 0 Å². The first-order valence-corrected chi connectivity index (χ1v) is 10.6. The molecule has 4 rings (SSSR count). The molecule has 0 saturated carbocycles. The minimum atomic E-state index is -0.520. The Bertz CT molecular complexity index is 1090. The van der Waals surface area contributed by atoms with Crippen molar-refractivity contribution in [1.82, 2.24) is 15.1 Å². The van der Waals surface area contributed by atoms with E-state index < -0.39 is 5.97 Å². The lowest BCUT2D eigenvalue weighted by molar-refractivity contribution is -0.125. The van der Waals surface area contributed by atoms with E-state index in [0.717, 1.165) is 36.1 Å². The van der Waals surface area contributed by atoms with Crippen LogP contribution in [0.25, 0.3) is 0 Å². The molecule has 1 N–H and O–H groups in total. The molecule has 0 fully saturated rings. The predicted molar refractivity (Wildman–Crippen MR) is 118 cm³/mol. The maximum atomic E-state index is 12.7. The Kier molecular flexibility index (Phi) is 6.16. The lowest BCUT2D eigenvalue weighted by atomic mass is 9.88. The fourth-order valence-electron chi connectivity index (χ4n) is 4.25. The first-order valence-electron chi connectivity index (χ1n) is 10.6. The third-order valence-electron chi connectivity index (χ3n) is 5.80. The number of carbonyl (C=O) groups is 2. The summed E-state index contributed by atoms with van der Waals surface area (Å²) in [6, 6.07) is 18.1. The molecule has 6 heteroatoms. The van der Waals surface area contributed by atoms with Crippen LogP contribution in [0.4, 0.5) is 0 Å². The highest BCUT2D eigenvalue weighted by Gasteiger charge is 2.24. The van der Waals surface area contributed by atoms with Gasteiger partial charge in [0.2, 0.25) is 0 Å². The first-order chi connectivity index (χ1) is 15.0. The lowest BCUT2D eigenvalue weighted by Gasteiger charge is -2.26. The van der Waals surface area contributed by atoms with E-state index in [4.69, 9.17) is 4.74 Å². The zero-order valence-corrected chi connectivity index (χ0v) is 17.9. The van der Waals surface area contributed by atoms with Gasteiger partial charge in [0.1, 0.15) is 5.56 Å². The summed E-state index contributed by atoms with van der Waals surface area (Å²) in [7, 11) is 0. The second-order valence-electron chi connectivity index (χ2n) is 7.98. The van der Waals surface area contributed by atoms with E-state index in [0.29, 0.717) is 17.8 Å². The molecular formula is C25H27N3O3. The summed E-state index contributed by atoms with van der Waals surface area (Å²) in [5.41, 5.74) is 5.27. The first kappa shape index (κ1) is 20.8. The number of amides is 1. The number of ether oxygens (including phenoxy) is 1. The van der Waals surface area contributed by atoms with E-state index in [1.807, 2.05) is 49.4 Å². The van der Waals surface area contributed by atoms with Crippen LogP contribution in [0.3, 0.4) is 0 Å². The van der Waals surface area contributed by atoms with Crippen LogP contribution in [0, 0.1) is 13.8 Å². The lowest BCUT2D eigenvalue weighted by Crippen LogP contribution is -2.34. The highest BCUT2D eigenvalue weighted by molar-refractivity contribution is 5.93. The Balaban J connectivity index is 1.37. The van der Waals surface area contributed by atoms with E-state index in [9.17, 15) is 9.59 Å². The van der Waals surface area contributed by atoms with Gasteiger partial charge in [-0.2, -0.15) is 5.10 Å². The summed E-state index contributed by atoms with van der Waals surface area (Å²) in [5.74, 6) is -0.810. The zero-order chi connectivity index (χ0) is 21.8. The third kappa shape index (κ3) is 4.68. The van der Waals surface area contributed by atoms with Gasteiger partial charge in [0.05, 0.1) is 24.0 Å². The molecular weight excluding hydrogens is 390 g/mol. The van der Waals surface area contributed by atoms with Crippen LogP contribution in [-0.4, -0.2) is 28.3 Å². The maximum Gasteiger partial charge on any atom is 0.342 e. The molecule has 6 nitrogen and oxygen atoms in total. The third-order valence-corrected chi connectivity index (χ3v) is 5.80. The molecule has 1 aliphatic rings. The van der Waals surface area contributed by atoms with Crippen LogP contribution in [0.15, 0.2) is 54.6 Å². The smallest absolute Gasteiger partial charge is 0.342 e. The number of hydrogen-bond acceptors (Lipinski definition) is 4. The van der Waals surface area contributed by atoms with Gasteiger partial charge in [0.15, 0.2) is 6.61 Å². The fourth-order valence-corrected chi connectivity index (χ4v) is 4.25. The molecule has 160 valence electrons. The van der Waals surface area contributed by atoms with Gasteiger partial charge in [-0.1, -0.05) is 54.6 Å². The van der Waals surface area contributed by atoms with Crippen LogP contribution in [0.1, 0.15) is 57.3 Å². The number of esters is 1. The number of fused-ring (bicyclic) bond motifs is 1. The van der Waals surface area contributed by atoms with Crippen molar-refractivity contribution in [2.75, 3.05) is 6.61 Å². The Labute approximate surface area is 182 Å².